The van der Waals surface area contributed by atoms with Gasteiger partial charge in [0.1, 0.15) is 0 Å². The third-order valence-electron chi connectivity index (χ3n) is 4.15. The van der Waals surface area contributed by atoms with Gasteiger partial charge >= 0.3 is 0 Å². The molecule has 0 unspecified atom stereocenters. The molecule has 0 fully saturated rings. The van der Waals surface area contributed by atoms with Gasteiger partial charge in [-0.2, -0.15) is 0 Å². The molecule has 0 bridgehead atoms. The second-order valence-electron chi connectivity index (χ2n) is 6.05. The summed E-state index contributed by atoms with van der Waals surface area (Å²) >= 11 is 1.42. The van der Waals surface area contributed by atoms with E-state index in [1.807, 2.05) is 66.7 Å². The number of aromatic nitrogens is 3. The van der Waals surface area contributed by atoms with Crippen LogP contribution in [0.15, 0.2) is 81.2 Å². The Morgan fingerprint density at radius 2 is 1.67 bits per heavy atom. The molecule has 0 spiro atoms. The highest BCUT2D eigenvalue weighted by atomic mass is 32.2. The quantitative estimate of drug-likeness (QED) is 0.405. The Hall–Kier alpha value is -3.12. The zero-order valence-corrected chi connectivity index (χ0v) is 15.5. The summed E-state index contributed by atoms with van der Waals surface area (Å²) in [7, 11) is 0. The van der Waals surface area contributed by atoms with E-state index in [-0.39, 0.29) is 5.56 Å². The second-order valence-corrected chi connectivity index (χ2v) is 7.01. The highest BCUT2D eigenvalue weighted by molar-refractivity contribution is 7.98. The molecule has 0 saturated carbocycles. The van der Waals surface area contributed by atoms with Crippen LogP contribution in [0.3, 0.4) is 0 Å². The Labute approximate surface area is 160 Å². The van der Waals surface area contributed by atoms with Gasteiger partial charge in [-0.3, -0.25) is 4.79 Å². The monoisotopic (exact) mass is 375 g/mol. The van der Waals surface area contributed by atoms with E-state index in [1.165, 1.54) is 11.8 Å². The van der Waals surface area contributed by atoms with Gasteiger partial charge in [-0.05, 0) is 6.92 Å². The van der Waals surface area contributed by atoms with Crippen LogP contribution in [0.25, 0.3) is 22.6 Å². The maximum atomic E-state index is 12.3. The summed E-state index contributed by atoms with van der Waals surface area (Å²) in [6.45, 7) is 1.78. The van der Waals surface area contributed by atoms with Crippen molar-refractivity contribution in [1.29, 1.82) is 0 Å². The van der Waals surface area contributed by atoms with E-state index in [1.54, 1.807) is 6.92 Å². The van der Waals surface area contributed by atoms with Gasteiger partial charge in [0.2, 0.25) is 0 Å². The van der Waals surface area contributed by atoms with Gasteiger partial charge in [0.25, 0.3) is 5.56 Å². The zero-order valence-electron chi connectivity index (χ0n) is 14.7. The molecule has 0 aliphatic carbocycles. The first kappa shape index (κ1) is 17.3. The van der Waals surface area contributed by atoms with Crippen molar-refractivity contribution in [2.75, 3.05) is 0 Å². The lowest BCUT2D eigenvalue weighted by Crippen LogP contribution is -2.14. The molecule has 4 rings (SSSR count). The minimum absolute atomic E-state index is 0.128. The number of rotatable bonds is 5. The summed E-state index contributed by atoms with van der Waals surface area (Å²) in [5.41, 5.74) is 3.88. The molecule has 2 aromatic carbocycles. The minimum atomic E-state index is -0.128. The van der Waals surface area contributed by atoms with E-state index in [0.717, 1.165) is 22.6 Å². The molecule has 5 nitrogen and oxygen atoms in total. The van der Waals surface area contributed by atoms with Gasteiger partial charge in [-0.15, -0.1) is 0 Å². The minimum Gasteiger partial charge on any atom is -0.356 e. The summed E-state index contributed by atoms with van der Waals surface area (Å²) in [4.78, 5) is 19.8. The molecule has 0 saturated heterocycles. The molecule has 0 atom stereocenters. The molecular formula is C21H17N3O2S. The zero-order chi connectivity index (χ0) is 18.6. The highest BCUT2D eigenvalue weighted by Gasteiger charge is 2.12. The van der Waals surface area contributed by atoms with Crippen LogP contribution in [0.2, 0.25) is 0 Å². The van der Waals surface area contributed by atoms with Crippen LogP contribution in [0.5, 0.6) is 0 Å². The Morgan fingerprint density at radius 3 is 2.37 bits per heavy atom. The van der Waals surface area contributed by atoms with Crippen LogP contribution in [-0.4, -0.2) is 15.1 Å². The largest absolute Gasteiger partial charge is 0.356 e. The lowest BCUT2D eigenvalue weighted by molar-refractivity contribution is 0.426. The van der Waals surface area contributed by atoms with Crippen molar-refractivity contribution in [3.8, 4) is 22.6 Å². The Kier molecular flexibility index (Phi) is 4.89. The SMILES string of the molecule is Cc1c(-c2ccccc2)nc(SCc2cc(-c3ccccc3)on2)[nH]c1=O. The lowest BCUT2D eigenvalue weighted by atomic mass is 10.1. The Morgan fingerprint density at radius 1 is 1.00 bits per heavy atom. The van der Waals surface area contributed by atoms with E-state index in [9.17, 15) is 4.79 Å². The molecule has 0 aliphatic rings. The Bertz CT molecular complexity index is 1110. The molecule has 2 aromatic heterocycles. The van der Waals surface area contributed by atoms with E-state index in [2.05, 4.69) is 15.1 Å². The molecule has 27 heavy (non-hydrogen) atoms. The number of nitrogens with one attached hydrogen (secondary N) is 1. The molecule has 6 heteroatoms. The van der Waals surface area contributed by atoms with Crippen LogP contribution in [-0.2, 0) is 5.75 Å². The van der Waals surface area contributed by atoms with Crippen LogP contribution < -0.4 is 5.56 Å². The number of aromatic amines is 1. The first-order chi connectivity index (χ1) is 13.2. The van der Waals surface area contributed by atoms with Crippen molar-refractivity contribution in [1.82, 2.24) is 15.1 Å². The van der Waals surface area contributed by atoms with E-state index in [4.69, 9.17) is 4.52 Å². The van der Waals surface area contributed by atoms with Gasteiger partial charge in [0.15, 0.2) is 10.9 Å². The van der Waals surface area contributed by atoms with Crippen molar-refractivity contribution in [3.05, 3.63) is 88.3 Å². The van der Waals surface area contributed by atoms with Crippen molar-refractivity contribution >= 4 is 11.8 Å². The summed E-state index contributed by atoms with van der Waals surface area (Å²) in [5.74, 6) is 1.28. The average Bonchev–Trinajstić information content (AvgIpc) is 3.19. The molecule has 1 N–H and O–H groups in total. The summed E-state index contributed by atoms with van der Waals surface area (Å²) in [6, 6.07) is 21.4. The van der Waals surface area contributed by atoms with E-state index >= 15 is 0 Å². The van der Waals surface area contributed by atoms with Gasteiger partial charge in [-0.25, -0.2) is 4.98 Å². The third-order valence-corrected chi connectivity index (χ3v) is 5.06. The molecule has 4 aromatic rings. The maximum absolute atomic E-state index is 12.3. The first-order valence-electron chi connectivity index (χ1n) is 8.51. The lowest BCUT2D eigenvalue weighted by Gasteiger charge is -2.07. The van der Waals surface area contributed by atoms with Crippen LogP contribution >= 0.6 is 11.8 Å². The second kappa shape index (κ2) is 7.63. The first-order valence-corrected chi connectivity index (χ1v) is 9.49. The molecule has 0 radical (unpaired) electrons. The van der Waals surface area contributed by atoms with Crippen LogP contribution in [0, 0.1) is 6.92 Å². The third kappa shape index (κ3) is 3.85. The van der Waals surface area contributed by atoms with Crippen molar-refractivity contribution in [2.24, 2.45) is 0 Å². The van der Waals surface area contributed by atoms with Crippen LogP contribution in [0.1, 0.15) is 11.3 Å². The number of benzene rings is 2. The summed E-state index contributed by atoms with van der Waals surface area (Å²) < 4.78 is 5.42. The fraction of sp³-hybridized carbons (Fsp3) is 0.0952. The van der Waals surface area contributed by atoms with Crippen molar-refractivity contribution < 1.29 is 4.52 Å². The normalized spacial score (nSPS) is 10.9. The molecule has 134 valence electrons. The fourth-order valence-electron chi connectivity index (χ4n) is 2.72. The van der Waals surface area contributed by atoms with Gasteiger partial charge in [0, 0.05) is 28.5 Å². The highest BCUT2D eigenvalue weighted by Crippen LogP contribution is 2.26. The number of nitrogens with zero attached hydrogens (tertiary/aromatic N) is 2. The number of hydrogen-bond acceptors (Lipinski definition) is 5. The standard InChI is InChI=1S/C21H17N3O2S/c1-14-19(16-10-6-3-7-11-16)22-21(23-20(14)25)27-13-17-12-18(26-24-17)15-8-4-2-5-9-15/h2-12H,13H2,1H3,(H,22,23,25). The average molecular weight is 375 g/mol. The fourth-order valence-corrected chi connectivity index (χ4v) is 3.46. The van der Waals surface area contributed by atoms with E-state index in [0.29, 0.717) is 22.2 Å². The summed E-state index contributed by atoms with van der Waals surface area (Å²) in [5, 5.41) is 4.68. The molecule has 0 amide bonds. The van der Waals surface area contributed by atoms with E-state index < -0.39 is 0 Å². The molecule has 2 heterocycles. The molecule has 0 aliphatic heterocycles. The maximum Gasteiger partial charge on any atom is 0.255 e. The van der Waals surface area contributed by atoms with Gasteiger partial charge in [-0.1, -0.05) is 77.6 Å². The number of H-pyrrole nitrogens is 1. The van der Waals surface area contributed by atoms with Gasteiger partial charge < -0.3 is 9.51 Å². The van der Waals surface area contributed by atoms with Gasteiger partial charge in [0.05, 0.1) is 11.4 Å². The van der Waals surface area contributed by atoms with Crippen molar-refractivity contribution in [3.63, 3.8) is 0 Å². The van der Waals surface area contributed by atoms with Crippen molar-refractivity contribution in [2.45, 2.75) is 17.8 Å². The topological polar surface area (TPSA) is 71.8 Å². The number of hydrogen-bond donors (Lipinski definition) is 1. The molecular weight excluding hydrogens is 358 g/mol. The smallest absolute Gasteiger partial charge is 0.255 e. The predicted molar refractivity (Wildman–Crippen MR) is 107 cm³/mol. The van der Waals surface area contributed by atoms with Crippen LogP contribution in [0.4, 0.5) is 0 Å². The summed E-state index contributed by atoms with van der Waals surface area (Å²) in [6.07, 6.45) is 0. The number of thioether (sulfide) groups is 1. The predicted octanol–water partition coefficient (Wildman–Crippen LogP) is 4.69. The Balaban J connectivity index is 1.55.